The lowest BCUT2D eigenvalue weighted by molar-refractivity contribution is 0.0528. The second-order valence-corrected chi connectivity index (χ2v) is 6.56. The lowest BCUT2D eigenvalue weighted by atomic mass is 10.1. The van der Waals surface area contributed by atoms with E-state index in [1.807, 2.05) is 39.0 Å². The van der Waals surface area contributed by atoms with Crippen LogP contribution in [0.15, 0.2) is 29.3 Å². The lowest BCUT2D eigenvalue weighted by Gasteiger charge is -2.20. The Kier molecular flexibility index (Phi) is 8.41. The molecule has 144 valence electrons. The van der Waals surface area contributed by atoms with Crippen molar-refractivity contribution in [2.45, 2.75) is 32.9 Å². The van der Waals surface area contributed by atoms with Crippen LogP contribution in [-0.2, 0) is 11.3 Å². The monoisotopic (exact) mass is 363 g/mol. The Morgan fingerprint density at radius 3 is 2.42 bits per heavy atom. The summed E-state index contributed by atoms with van der Waals surface area (Å²) >= 11 is 0. The molecule has 1 aromatic rings. The third-order valence-electron chi connectivity index (χ3n) is 3.19. The average molecular weight is 363 g/mol. The molecule has 26 heavy (non-hydrogen) atoms. The molecule has 0 heterocycles. The number of benzene rings is 1. The Labute approximate surface area is 154 Å². The molecule has 8 nitrogen and oxygen atoms in total. The second kappa shape index (κ2) is 10.3. The maximum atomic E-state index is 11.7. The summed E-state index contributed by atoms with van der Waals surface area (Å²) in [5.74, 6) is 0.476. The molecule has 0 unspecified atom stereocenters. The molecule has 1 rings (SSSR count). The van der Waals surface area contributed by atoms with Crippen LogP contribution >= 0.6 is 0 Å². The van der Waals surface area contributed by atoms with E-state index in [0.717, 1.165) is 5.56 Å². The van der Waals surface area contributed by atoms with Gasteiger partial charge >= 0.3 is 6.09 Å². The van der Waals surface area contributed by atoms with Crippen molar-refractivity contribution in [1.29, 1.82) is 0 Å². The summed E-state index contributed by atoms with van der Waals surface area (Å²) in [4.78, 5) is 27.3. The fourth-order valence-corrected chi connectivity index (χ4v) is 2.03. The van der Waals surface area contributed by atoms with Crippen LogP contribution < -0.4 is 21.3 Å². The van der Waals surface area contributed by atoms with E-state index in [9.17, 15) is 9.59 Å². The molecule has 0 atom stereocenters. The van der Waals surface area contributed by atoms with Crippen molar-refractivity contribution in [2.75, 3.05) is 27.2 Å². The number of nitrogens with zero attached hydrogens (tertiary/aromatic N) is 1. The van der Waals surface area contributed by atoms with E-state index >= 15 is 0 Å². The van der Waals surface area contributed by atoms with E-state index in [4.69, 9.17) is 4.74 Å². The second-order valence-electron chi connectivity index (χ2n) is 6.56. The summed E-state index contributed by atoms with van der Waals surface area (Å²) in [6.07, 6.45) is -0.451. The number of amides is 2. The van der Waals surface area contributed by atoms with Gasteiger partial charge in [0.05, 0.1) is 0 Å². The molecule has 4 N–H and O–H groups in total. The highest BCUT2D eigenvalue weighted by molar-refractivity contribution is 5.94. The van der Waals surface area contributed by atoms with Gasteiger partial charge in [-0.1, -0.05) is 12.1 Å². The van der Waals surface area contributed by atoms with Gasteiger partial charge in [0.1, 0.15) is 5.60 Å². The van der Waals surface area contributed by atoms with Crippen molar-refractivity contribution < 1.29 is 14.3 Å². The van der Waals surface area contributed by atoms with Gasteiger partial charge in [-0.15, -0.1) is 0 Å². The van der Waals surface area contributed by atoms with Crippen molar-refractivity contribution in [3.63, 3.8) is 0 Å². The summed E-state index contributed by atoms with van der Waals surface area (Å²) in [6.45, 7) is 6.87. The number of aliphatic imine (C=N–C) groups is 1. The number of ether oxygens (including phenoxy) is 1. The van der Waals surface area contributed by atoms with Gasteiger partial charge in [-0.05, 0) is 38.5 Å². The van der Waals surface area contributed by atoms with Gasteiger partial charge in [0, 0.05) is 39.3 Å². The Morgan fingerprint density at radius 2 is 1.81 bits per heavy atom. The number of nitrogens with one attached hydrogen (secondary N) is 4. The highest BCUT2D eigenvalue weighted by Gasteiger charge is 2.15. The van der Waals surface area contributed by atoms with Gasteiger partial charge in [0.15, 0.2) is 5.96 Å². The van der Waals surface area contributed by atoms with E-state index < -0.39 is 11.7 Å². The van der Waals surface area contributed by atoms with Crippen molar-refractivity contribution in [1.82, 2.24) is 21.3 Å². The molecule has 0 saturated carbocycles. The molecule has 2 amide bonds. The minimum absolute atomic E-state index is 0.123. The van der Waals surface area contributed by atoms with Crippen molar-refractivity contribution in [3.05, 3.63) is 35.4 Å². The van der Waals surface area contributed by atoms with Crippen LogP contribution in [0.3, 0.4) is 0 Å². The molecule has 0 fully saturated rings. The lowest BCUT2D eigenvalue weighted by Crippen LogP contribution is -2.42. The van der Waals surface area contributed by atoms with E-state index in [1.54, 1.807) is 20.2 Å². The number of guanidine groups is 1. The molecule has 1 aromatic carbocycles. The van der Waals surface area contributed by atoms with Gasteiger partial charge < -0.3 is 26.0 Å². The fraction of sp³-hybridized carbons (Fsp3) is 0.500. The molecule has 0 aromatic heterocycles. The molecule has 0 aliphatic carbocycles. The smallest absolute Gasteiger partial charge is 0.407 e. The Hall–Kier alpha value is -2.77. The van der Waals surface area contributed by atoms with Gasteiger partial charge in [-0.2, -0.15) is 0 Å². The van der Waals surface area contributed by atoms with Gasteiger partial charge in [-0.25, -0.2) is 4.79 Å². The normalized spacial score (nSPS) is 11.5. The van der Waals surface area contributed by atoms with Crippen LogP contribution in [-0.4, -0.2) is 50.7 Å². The zero-order chi connectivity index (χ0) is 19.6. The number of hydrogen-bond donors (Lipinski definition) is 4. The molecule has 0 saturated heterocycles. The SMILES string of the molecule is CN=C(NCCNC(=O)OC(C)(C)C)NCc1cccc(C(=O)NC)c1. The number of carbonyl (C=O) groups is 2. The summed E-state index contributed by atoms with van der Waals surface area (Å²) < 4.78 is 5.16. The molecule has 0 aliphatic rings. The summed E-state index contributed by atoms with van der Waals surface area (Å²) in [5.41, 5.74) is 1.05. The van der Waals surface area contributed by atoms with Crippen LogP contribution in [0.4, 0.5) is 4.79 Å². The van der Waals surface area contributed by atoms with Gasteiger partial charge in [0.25, 0.3) is 5.91 Å². The number of alkyl carbamates (subject to hydrolysis) is 1. The molecule has 8 heteroatoms. The van der Waals surface area contributed by atoms with Gasteiger partial charge in [-0.3, -0.25) is 9.79 Å². The average Bonchev–Trinajstić information content (AvgIpc) is 2.59. The minimum Gasteiger partial charge on any atom is -0.444 e. The maximum absolute atomic E-state index is 11.7. The van der Waals surface area contributed by atoms with Crippen molar-refractivity contribution in [2.24, 2.45) is 4.99 Å². The summed E-state index contributed by atoms with van der Waals surface area (Å²) in [5, 5.41) is 11.5. The third kappa shape index (κ3) is 8.36. The Balaban J connectivity index is 2.38. The Bertz CT molecular complexity index is 638. The van der Waals surface area contributed by atoms with E-state index in [0.29, 0.717) is 31.2 Å². The molecule has 0 radical (unpaired) electrons. The predicted octanol–water partition coefficient (Wildman–Crippen LogP) is 1.24. The summed E-state index contributed by atoms with van der Waals surface area (Å²) in [6, 6.07) is 7.35. The van der Waals surface area contributed by atoms with E-state index in [1.165, 1.54) is 0 Å². The first-order valence-electron chi connectivity index (χ1n) is 8.47. The first-order chi connectivity index (χ1) is 12.2. The zero-order valence-electron chi connectivity index (χ0n) is 16.1. The van der Waals surface area contributed by atoms with Crippen LogP contribution in [0, 0.1) is 0 Å². The highest BCUT2D eigenvalue weighted by Crippen LogP contribution is 2.06. The molecule has 0 spiro atoms. The fourth-order valence-electron chi connectivity index (χ4n) is 2.03. The van der Waals surface area contributed by atoms with E-state index in [-0.39, 0.29) is 5.91 Å². The molecule has 0 bridgehead atoms. The number of hydrogen-bond acceptors (Lipinski definition) is 4. The van der Waals surface area contributed by atoms with Crippen molar-refractivity contribution >= 4 is 18.0 Å². The minimum atomic E-state index is -0.516. The Morgan fingerprint density at radius 1 is 1.12 bits per heavy atom. The van der Waals surface area contributed by atoms with E-state index in [2.05, 4.69) is 26.3 Å². The number of rotatable bonds is 6. The van der Waals surface area contributed by atoms with Crippen LogP contribution in [0.1, 0.15) is 36.7 Å². The van der Waals surface area contributed by atoms with Crippen LogP contribution in [0.5, 0.6) is 0 Å². The first kappa shape index (κ1) is 21.3. The van der Waals surface area contributed by atoms with Crippen molar-refractivity contribution in [3.8, 4) is 0 Å². The topological polar surface area (TPSA) is 104 Å². The van der Waals surface area contributed by atoms with Crippen LogP contribution in [0.2, 0.25) is 0 Å². The molecular formula is C18H29N5O3. The summed E-state index contributed by atoms with van der Waals surface area (Å²) in [7, 11) is 3.27. The quantitative estimate of drug-likeness (QED) is 0.346. The largest absolute Gasteiger partial charge is 0.444 e. The molecule has 0 aliphatic heterocycles. The standard InChI is InChI=1S/C18H29N5O3/c1-18(2,3)26-17(25)22-10-9-21-16(20-5)23-12-13-7-6-8-14(11-13)15(24)19-4/h6-8,11H,9-10,12H2,1-5H3,(H,19,24)(H,22,25)(H2,20,21,23). The zero-order valence-corrected chi connectivity index (χ0v) is 16.1. The number of carbonyl (C=O) groups excluding carboxylic acids is 2. The van der Waals surface area contributed by atoms with Gasteiger partial charge in [0.2, 0.25) is 0 Å². The highest BCUT2D eigenvalue weighted by atomic mass is 16.6. The predicted molar refractivity (Wildman–Crippen MR) is 102 cm³/mol. The first-order valence-corrected chi connectivity index (χ1v) is 8.47. The maximum Gasteiger partial charge on any atom is 0.407 e. The molecular weight excluding hydrogens is 334 g/mol. The van der Waals surface area contributed by atoms with Crippen LogP contribution in [0.25, 0.3) is 0 Å². The third-order valence-corrected chi connectivity index (χ3v) is 3.19.